The van der Waals surface area contributed by atoms with Gasteiger partial charge in [0, 0.05) is 35.3 Å². The second-order valence-electron chi connectivity index (χ2n) is 9.33. The summed E-state index contributed by atoms with van der Waals surface area (Å²) in [6.45, 7) is 7.66. The van der Waals surface area contributed by atoms with Crippen LogP contribution in [-0.2, 0) is 16.0 Å². The van der Waals surface area contributed by atoms with Gasteiger partial charge >= 0.3 is 5.97 Å². The van der Waals surface area contributed by atoms with Crippen LogP contribution in [0.4, 0.5) is 5.69 Å². The number of hydrogen-bond acceptors (Lipinski definition) is 6. The summed E-state index contributed by atoms with van der Waals surface area (Å²) in [5, 5.41) is 6.62. The van der Waals surface area contributed by atoms with Gasteiger partial charge in [0.05, 0.1) is 7.11 Å². The molecule has 0 aliphatic carbocycles. The lowest BCUT2D eigenvalue weighted by Crippen LogP contribution is -2.38. The molecule has 184 valence electrons. The van der Waals surface area contributed by atoms with Gasteiger partial charge in [-0.05, 0) is 50.6 Å². The molecule has 3 rings (SSSR count). The summed E-state index contributed by atoms with van der Waals surface area (Å²) in [7, 11) is 1.36. The molecular weight excluding hydrogens is 440 g/mol. The second-order valence-corrected chi connectivity index (χ2v) is 9.33. The van der Waals surface area contributed by atoms with E-state index in [1.54, 1.807) is 24.3 Å². The molecule has 6 nitrogen and oxygen atoms in total. The first-order valence-electron chi connectivity index (χ1n) is 11.8. The van der Waals surface area contributed by atoms with E-state index in [1.807, 2.05) is 54.6 Å². The number of methoxy groups -OCH3 is 1. The Balaban J connectivity index is 1.69. The Kier molecular flexibility index (Phi) is 9.04. The molecule has 0 fully saturated rings. The van der Waals surface area contributed by atoms with Crippen molar-refractivity contribution in [3.05, 3.63) is 95.6 Å². The highest BCUT2D eigenvalue weighted by atomic mass is 16.5. The summed E-state index contributed by atoms with van der Waals surface area (Å²) < 4.78 is 10.8. The molecule has 0 aliphatic rings. The molecule has 3 aromatic carbocycles. The standard InChI is InChI=1S/C29H34N2O4/c1-29(2,3)30-18-19-35-23-16-14-21(15-17-23)20-26(28(33)34-4)31-25-13-9-8-12-24(25)27(32)22-10-6-5-7-11-22/h5-17,26,30-31H,18-20H2,1-4H3/t26-/m0/s1. The van der Waals surface area contributed by atoms with Crippen LogP contribution >= 0.6 is 0 Å². The van der Waals surface area contributed by atoms with Crippen LogP contribution in [0.5, 0.6) is 5.75 Å². The fourth-order valence-corrected chi connectivity index (χ4v) is 3.63. The average molecular weight is 475 g/mol. The minimum absolute atomic E-state index is 0.0491. The lowest BCUT2D eigenvalue weighted by molar-refractivity contribution is -0.141. The van der Waals surface area contributed by atoms with Gasteiger partial charge in [-0.25, -0.2) is 4.79 Å². The van der Waals surface area contributed by atoms with Crippen LogP contribution in [0.25, 0.3) is 0 Å². The van der Waals surface area contributed by atoms with Gasteiger partial charge in [-0.1, -0.05) is 54.6 Å². The zero-order chi connectivity index (χ0) is 25.3. The zero-order valence-corrected chi connectivity index (χ0v) is 20.8. The Labute approximate surface area is 207 Å². The number of hydrogen-bond donors (Lipinski definition) is 2. The van der Waals surface area contributed by atoms with E-state index in [0.717, 1.165) is 17.9 Å². The van der Waals surface area contributed by atoms with Crippen LogP contribution in [0.2, 0.25) is 0 Å². The number of ketones is 1. The van der Waals surface area contributed by atoms with E-state index in [-0.39, 0.29) is 11.3 Å². The van der Waals surface area contributed by atoms with Crippen LogP contribution in [0.3, 0.4) is 0 Å². The predicted octanol–water partition coefficient (Wildman–Crippen LogP) is 4.88. The fraction of sp³-hybridized carbons (Fsp3) is 0.310. The van der Waals surface area contributed by atoms with E-state index < -0.39 is 12.0 Å². The number of carbonyl (C=O) groups excluding carboxylic acids is 2. The van der Waals surface area contributed by atoms with Crippen molar-refractivity contribution < 1.29 is 19.1 Å². The molecule has 0 bridgehead atoms. The number of rotatable bonds is 11. The highest BCUT2D eigenvalue weighted by molar-refractivity contribution is 6.12. The molecule has 0 aromatic heterocycles. The number of anilines is 1. The summed E-state index contributed by atoms with van der Waals surface area (Å²) in [6.07, 6.45) is 0.395. The maximum atomic E-state index is 13.1. The lowest BCUT2D eigenvalue weighted by atomic mass is 10.00. The molecule has 6 heteroatoms. The highest BCUT2D eigenvalue weighted by Crippen LogP contribution is 2.22. The fourth-order valence-electron chi connectivity index (χ4n) is 3.63. The molecular formula is C29H34N2O4. The number of benzene rings is 3. The second kappa shape index (κ2) is 12.2. The molecule has 0 spiro atoms. The third kappa shape index (κ3) is 7.97. The molecule has 0 saturated carbocycles. The predicted molar refractivity (Wildman–Crippen MR) is 139 cm³/mol. The molecule has 0 aliphatic heterocycles. The molecule has 0 radical (unpaired) electrons. The van der Waals surface area contributed by atoms with Crippen molar-refractivity contribution >= 4 is 17.4 Å². The SMILES string of the molecule is COC(=O)[C@H](Cc1ccc(OCCNC(C)(C)C)cc1)Nc1ccccc1C(=O)c1ccccc1. The van der Waals surface area contributed by atoms with Crippen molar-refractivity contribution in [3.8, 4) is 5.75 Å². The molecule has 2 N–H and O–H groups in total. The summed E-state index contributed by atoms with van der Waals surface area (Å²) in [5.41, 5.74) is 2.67. The van der Waals surface area contributed by atoms with E-state index in [4.69, 9.17) is 9.47 Å². The molecule has 35 heavy (non-hydrogen) atoms. The number of ether oxygens (including phenoxy) is 2. The number of esters is 1. The van der Waals surface area contributed by atoms with Crippen molar-refractivity contribution in [2.75, 3.05) is 25.6 Å². The third-order valence-electron chi connectivity index (χ3n) is 5.41. The largest absolute Gasteiger partial charge is 0.492 e. The van der Waals surface area contributed by atoms with Crippen LogP contribution in [0.1, 0.15) is 42.3 Å². The topological polar surface area (TPSA) is 76.7 Å². The van der Waals surface area contributed by atoms with Gasteiger partial charge < -0.3 is 20.1 Å². The van der Waals surface area contributed by atoms with Gasteiger partial charge in [0.15, 0.2) is 5.78 Å². The minimum Gasteiger partial charge on any atom is -0.492 e. The van der Waals surface area contributed by atoms with Crippen molar-refractivity contribution in [2.45, 2.75) is 38.8 Å². The summed E-state index contributed by atoms with van der Waals surface area (Å²) in [6, 6.07) is 23.3. The number of carbonyl (C=O) groups is 2. The first-order chi connectivity index (χ1) is 16.8. The maximum absolute atomic E-state index is 13.1. The van der Waals surface area contributed by atoms with Gasteiger partial charge in [-0.15, -0.1) is 0 Å². The van der Waals surface area contributed by atoms with Crippen molar-refractivity contribution in [3.63, 3.8) is 0 Å². The van der Waals surface area contributed by atoms with E-state index in [1.165, 1.54) is 7.11 Å². The Bertz CT molecular complexity index is 1110. The first kappa shape index (κ1) is 26.0. The van der Waals surface area contributed by atoms with E-state index in [0.29, 0.717) is 29.8 Å². The van der Waals surface area contributed by atoms with Crippen molar-refractivity contribution in [1.82, 2.24) is 5.32 Å². The normalized spacial score (nSPS) is 12.0. The smallest absolute Gasteiger partial charge is 0.328 e. The van der Waals surface area contributed by atoms with E-state index >= 15 is 0 Å². The van der Waals surface area contributed by atoms with Crippen LogP contribution in [-0.4, -0.2) is 43.6 Å². The van der Waals surface area contributed by atoms with Crippen molar-refractivity contribution in [2.24, 2.45) is 0 Å². The van der Waals surface area contributed by atoms with E-state index in [9.17, 15) is 9.59 Å². The van der Waals surface area contributed by atoms with Gasteiger partial charge in [0.1, 0.15) is 18.4 Å². The quantitative estimate of drug-likeness (QED) is 0.234. The Hall–Kier alpha value is -3.64. The number of nitrogens with one attached hydrogen (secondary N) is 2. The summed E-state index contributed by atoms with van der Waals surface area (Å²) >= 11 is 0. The minimum atomic E-state index is -0.660. The summed E-state index contributed by atoms with van der Waals surface area (Å²) in [5.74, 6) is 0.256. The third-order valence-corrected chi connectivity index (χ3v) is 5.41. The lowest BCUT2D eigenvalue weighted by Gasteiger charge is -2.21. The first-order valence-corrected chi connectivity index (χ1v) is 11.8. The van der Waals surface area contributed by atoms with Crippen LogP contribution in [0, 0.1) is 0 Å². The Morgan fingerprint density at radius 3 is 2.20 bits per heavy atom. The van der Waals surface area contributed by atoms with Crippen LogP contribution in [0.15, 0.2) is 78.9 Å². The maximum Gasteiger partial charge on any atom is 0.328 e. The van der Waals surface area contributed by atoms with Crippen molar-refractivity contribution in [1.29, 1.82) is 0 Å². The van der Waals surface area contributed by atoms with Gasteiger partial charge in [-0.3, -0.25) is 4.79 Å². The number of para-hydroxylation sites is 1. The molecule has 0 saturated heterocycles. The van der Waals surface area contributed by atoms with Crippen LogP contribution < -0.4 is 15.4 Å². The molecule has 0 amide bonds. The van der Waals surface area contributed by atoms with E-state index in [2.05, 4.69) is 31.4 Å². The summed E-state index contributed by atoms with van der Waals surface area (Å²) in [4.78, 5) is 25.7. The van der Waals surface area contributed by atoms with Gasteiger partial charge in [0.2, 0.25) is 0 Å². The highest BCUT2D eigenvalue weighted by Gasteiger charge is 2.22. The van der Waals surface area contributed by atoms with Gasteiger partial charge in [0.25, 0.3) is 0 Å². The Morgan fingerprint density at radius 2 is 1.54 bits per heavy atom. The molecule has 3 aromatic rings. The monoisotopic (exact) mass is 474 g/mol. The Morgan fingerprint density at radius 1 is 0.886 bits per heavy atom. The zero-order valence-electron chi connectivity index (χ0n) is 20.8. The molecule has 0 unspecified atom stereocenters. The average Bonchev–Trinajstić information content (AvgIpc) is 2.86. The van der Waals surface area contributed by atoms with Gasteiger partial charge in [-0.2, -0.15) is 0 Å². The molecule has 1 atom stereocenters. The molecule has 0 heterocycles.